The summed E-state index contributed by atoms with van der Waals surface area (Å²) in [6.07, 6.45) is 14.3. The molecule has 4 amide bonds. The lowest BCUT2D eigenvalue weighted by atomic mass is 9.92. The lowest BCUT2D eigenvalue weighted by Gasteiger charge is -2.36. The smallest absolute Gasteiger partial charge is 0.411 e. The van der Waals surface area contributed by atoms with Crippen molar-refractivity contribution in [2.24, 2.45) is 0 Å². The van der Waals surface area contributed by atoms with E-state index in [1.54, 1.807) is 26.7 Å². The molecule has 8 aromatic carbocycles. The molecule has 4 aliphatic rings. The topological polar surface area (TPSA) is 227 Å². The third kappa shape index (κ3) is 23.8. The summed E-state index contributed by atoms with van der Waals surface area (Å²) in [5.41, 5.74) is 16.6. The van der Waals surface area contributed by atoms with Gasteiger partial charge < -0.3 is 62.6 Å². The Kier molecular flexibility index (Phi) is 35.1. The molecule has 21 nitrogen and oxygen atoms in total. The van der Waals surface area contributed by atoms with Gasteiger partial charge in [-0.3, -0.25) is 19.6 Å². The van der Waals surface area contributed by atoms with Crippen molar-refractivity contribution in [1.82, 2.24) is 39.5 Å². The zero-order chi connectivity index (χ0) is 90.2. The number of carbonyl (C=O) groups excluding carboxylic acids is 4. The van der Waals surface area contributed by atoms with E-state index in [4.69, 9.17) is 142 Å². The molecule has 128 heavy (non-hydrogen) atoms. The molecule has 4 N–H and O–H groups in total. The summed E-state index contributed by atoms with van der Waals surface area (Å²) in [7, 11) is 1.58. The second-order valence-electron chi connectivity index (χ2n) is 31.5. The van der Waals surface area contributed by atoms with E-state index in [9.17, 15) is 19.2 Å². The standard InChI is InChI=1S/C26H30Cl2N2O3.C25H28Cl2N2O4.C24H26Cl2N2O3.C24H22Cl2N2O3/c1-2-32-26(31)30-15-13-21-22-17-19(28)9-12-23(22)29-24(21)25(30)18-7-10-20(11-8-18)33-16-6-4-3-5-14-27;1-31-14-15-33-25(30)29-12-10-20-21-16-18(27)6-9-22(21)28-23(20)24(29)17-4-7-19(8-5-17)32-13-3-2-11-26;1-15(2)31-24(29)28-12-10-19-20-14-17(26)6-9-21(20)27-22(19)23(28)16-4-7-18(8-5-16)30-13-3-11-25;1-2-13-31-24(29)28-12-10-19-20-15-17(26)6-9-21(20)27-22(19)23(28)16-4-7-18(8-5-16)30-14-3-11-25/h7-12,17,25,29H,2-6,13-16H2,1H3;4-9,16,24,28H,2-3,10-15H2,1H3;4-9,14-15,23,27H,3,10-13H2,1-2H3;1,4-9,15,23,27H,3,10-14H2. The molecule has 676 valence electrons. The minimum Gasteiger partial charge on any atom is -0.494 e. The number of unbranched alkanes of at least 4 members (excludes halogenated alkanes) is 4. The van der Waals surface area contributed by atoms with Crippen molar-refractivity contribution in [3.63, 3.8) is 0 Å². The summed E-state index contributed by atoms with van der Waals surface area (Å²) in [6, 6.07) is 53.7. The van der Waals surface area contributed by atoms with Crippen LogP contribution in [0, 0.1) is 12.3 Å². The maximum atomic E-state index is 13.0. The van der Waals surface area contributed by atoms with Gasteiger partial charge in [0.15, 0.2) is 6.61 Å². The Morgan fingerprint density at radius 3 is 0.969 bits per heavy atom. The Morgan fingerprint density at radius 2 is 0.664 bits per heavy atom. The van der Waals surface area contributed by atoms with Crippen LogP contribution in [0.1, 0.15) is 164 Å². The maximum Gasteiger partial charge on any atom is 0.411 e. The van der Waals surface area contributed by atoms with Crippen molar-refractivity contribution in [2.75, 3.05) is 110 Å². The number of H-pyrrole nitrogens is 4. The number of halogens is 8. The lowest BCUT2D eigenvalue weighted by Crippen LogP contribution is -2.41. The number of fused-ring (bicyclic) bond motifs is 12. The summed E-state index contributed by atoms with van der Waals surface area (Å²) in [6.45, 7) is 11.0. The molecule has 4 aromatic heterocycles. The molecule has 4 atom stereocenters. The molecule has 0 saturated carbocycles. The largest absolute Gasteiger partial charge is 0.494 e. The highest BCUT2D eigenvalue weighted by Crippen LogP contribution is 2.46. The van der Waals surface area contributed by atoms with E-state index in [2.05, 4.69) is 25.9 Å². The highest BCUT2D eigenvalue weighted by Gasteiger charge is 2.41. The number of hydrogen-bond acceptors (Lipinski definition) is 13. The van der Waals surface area contributed by atoms with Crippen LogP contribution in [0.5, 0.6) is 23.0 Å². The summed E-state index contributed by atoms with van der Waals surface area (Å²) in [5.74, 6) is 8.00. The average molecular weight is 1900 g/mol. The average Bonchev–Trinajstić information content (AvgIpc) is 1.61. The normalized spacial score (nSPS) is 15.6. The second-order valence-corrected chi connectivity index (χ2v) is 34.7. The Balaban J connectivity index is 0.000000146. The number of amides is 4. The summed E-state index contributed by atoms with van der Waals surface area (Å²) in [4.78, 5) is 72.7. The van der Waals surface area contributed by atoms with Crippen molar-refractivity contribution in [3.05, 3.63) is 257 Å². The summed E-state index contributed by atoms with van der Waals surface area (Å²) >= 11 is 47.9. The first-order chi connectivity index (χ1) is 62.3. The quantitative estimate of drug-likeness (QED) is 0.0142. The van der Waals surface area contributed by atoms with Crippen molar-refractivity contribution >= 4 is 161 Å². The van der Waals surface area contributed by atoms with Gasteiger partial charge >= 0.3 is 24.4 Å². The van der Waals surface area contributed by atoms with Crippen molar-refractivity contribution in [1.29, 1.82) is 0 Å². The Hall–Kier alpha value is -9.96. The SMILES string of the molecule is C#CCOC(=O)N1CCc2c([nH]c3ccc(Cl)cc23)C1c1ccc(OCCCCl)cc1.CC(C)OC(=O)N1CCc2c([nH]c3ccc(Cl)cc23)C1c1ccc(OCCCCl)cc1.CCOC(=O)N1CCc2c([nH]c3ccc(Cl)cc23)C1c1ccc(OCCCCCCCl)cc1.COCCOC(=O)N1CCc2c([nH]c3ccc(Cl)cc23)C1c1ccc(OCCCCCl)cc1. The van der Waals surface area contributed by atoms with E-state index in [0.29, 0.717) is 116 Å². The number of carbonyl (C=O) groups is 4. The fourth-order valence-electron chi connectivity index (χ4n) is 16.8. The van der Waals surface area contributed by atoms with Gasteiger partial charge in [0, 0.05) is 143 Å². The van der Waals surface area contributed by atoms with Crippen LogP contribution in [0.3, 0.4) is 0 Å². The summed E-state index contributed by atoms with van der Waals surface area (Å²) < 4.78 is 49.9. The number of terminal acetylenes is 1. The van der Waals surface area contributed by atoms with Gasteiger partial charge in [0.1, 0.15) is 53.8 Å². The van der Waals surface area contributed by atoms with E-state index in [0.717, 1.165) is 187 Å². The minimum atomic E-state index is -0.437. The fourth-order valence-corrected chi connectivity index (χ4v) is 18.1. The van der Waals surface area contributed by atoms with Crippen molar-refractivity contribution in [2.45, 2.75) is 128 Å². The number of methoxy groups -OCH3 is 1. The molecular weight excluding hydrogens is 1790 g/mol. The molecule has 8 heterocycles. The van der Waals surface area contributed by atoms with E-state index in [1.165, 1.54) is 16.7 Å². The zero-order valence-corrected chi connectivity index (χ0v) is 78.1. The van der Waals surface area contributed by atoms with Crippen LogP contribution >= 0.6 is 92.8 Å². The van der Waals surface area contributed by atoms with Gasteiger partial charge in [0.25, 0.3) is 0 Å². The molecule has 0 saturated heterocycles. The van der Waals surface area contributed by atoms with Gasteiger partial charge in [0.05, 0.1) is 45.7 Å². The molecule has 4 aliphatic heterocycles. The third-order valence-electron chi connectivity index (χ3n) is 22.7. The van der Waals surface area contributed by atoms with Crippen molar-refractivity contribution < 1.29 is 61.8 Å². The zero-order valence-electron chi connectivity index (χ0n) is 72.0. The Bertz CT molecular complexity index is 5740. The number of nitrogens with one attached hydrogen (secondary N) is 4. The number of aromatic nitrogens is 4. The van der Waals surface area contributed by atoms with Crippen LogP contribution in [0.25, 0.3) is 43.6 Å². The lowest BCUT2D eigenvalue weighted by molar-refractivity contribution is 0.0628. The number of alkyl halides is 4. The molecule has 0 bridgehead atoms. The Morgan fingerprint density at radius 1 is 0.375 bits per heavy atom. The minimum absolute atomic E-state index is 0.0649. The predicted molar refractivity (Wildman–Crippen MR) is 512 cm³/mol. The Labute approximate surface area is 786 Å². The predicted octanol–water partition coefficient (Wildman–Crippen LogP) is 24.9. The first-order valence-corrected chi connectivity index (χ1v) is 47.0. The number of benzene rings is 8. The third-order valence-corrected chi connectivity index (χ3v) is 24.7. The number of nitrogens with zero attached hydrogens (tertiary/aromatic N) is 4. The number of ether oxygens (including phenoxy) is 9. The van der Waals surface area contributed by atoms with Gasteiger partial charge in [0.2, 0.25) is 0 Å². The summed E-state index contributed by atoms with van der Waals surface area (Å²) in [5, 5.41) is 7.16. The molecular formula is C99H106Cl8N8O13. The van der Waals surface area contributed by atoms with Gasteiger partial charge in [-0.15, -0.1) is 52.8 Å². The number of rotatable bonds is 30. The second kappa shape index (κ2) is 47.0. The van der Waals surface area contributed by atoms with Crippen LogP contribution in [0.4, 0.5) is 19.2 Å². The van der Waals surface area contributed by atoms with Gasteiger partial charge in [-0.1, -0.05) is 114 Å². The van der Waals surface area contributed by atoms with Gasteiger partial charge in [-0.25, -0.2) is 19.2 Å². The van der Waals surface area contributed by atoms with E-state index < -0.39 is 6.09 Å². The maximum absolute atomic E-state index is 13.0. The van der Waals surface area contributed by atoms with Gasteiger partial charge in [-0.05, 0) is 251 Å². The molecule has 0 radical (unpaired) electrons. The molecule has 0 aliphatic carbocycles. The fraction of sp³-hybridized carbons (Fsp3) is 0.374. The molecule has 16 rings (SSSR count). The van der Waals surface area contributed by atoms with Crippen LogP contribution in [0.15, 0.2) is 170 Å². The van der Waals surface area contributed by atoms with Crippen LogP contribution in [-0.4, -0.2) is 180 Å². The highest BCUT2D eigenvalue weighted by molar-refractivity contribution is 6.32. The first kappa shape index (κ1) is 95.6. The molecule has 0 spiro atoms. The van der Waals surface area contributed by atoms with Crippen molar-refractivity contribution in [3.8, 4) is 35.3 Å². The van der Waals surface area contributed by atoms with Crippen LogP contribution in [-0.2, 0) is 49.4 Å². The van der Waals surface area contributed by atoms with Gasteiger partial charge in [-0.2, -0.15) is 0 Å². The molecule has 29 heteroatoms. The van der Waals surface area contributed by atoms with E-state index in [1.807, 2.05) is 191 Å². The monoisotopic (exact) mass is 1890 g/mol. The highest BCUT2D eigenvalue weighted by atomic mass is 35.5. The van der Waals surface area contributed by atoms with E-state index >= 15 is 0 Å². The number of hydrogen-bond donors (Lipinski definition) is 4. The van der Waals surface area contributed by atoms with E-state index in [-0.39, 0.29) is 61.8 Å². The van der Waals surface area contributed by atoms with Crippen LogP contribution < -0.4 is 18.9 Å². The number of aromatic amines is 4. The first-order valence-electron chi connectivity index (χ1n) is 43.4. The molecule has 4 unspecified atom stereocenters. The molecule has 0 fully saturated rings. The molecule has 12 aromatic rings. The van der Waals surface area contributed by atoms with Crippen LogP contribution in [0.2, 0.25) is 20.1 Å².